The molecule has 4 nitrogen and oxygen atoms in total. The number of hydrogen-bond donors (Lipinski definition) is 2. The van der Waals surface area contributed by atoms with Crippen molar-refractivity contribution in [1.29, 1.82) is 0 Å². The number of nitrogens with one attached hydrogen (secondary N) is 1. The molecule has 98 valence electrons. The Morgan fingerprint density at radius 3 is 3.05 bits per heavy atom. The van der Waals surface area contributed by atoms with Gasteiger partial charge in [0.2, 0.25) is 0 Å². The number of aliphatic carboxylic acids is 1. The first-order valence-electron chi connectivity index (χ1n) is 6.57. The average molecular weight is 256 g/mol. The van der Waals surface area contributed by atoms with Crippen LogP contribution in [0.15, 0.2) is 36.7 Å². The Balaban J connectivity index is 1.97. The number of carboxylic acid groups (broad SMARTS) is 1. The van der Waals surface area contributed by atoms with Crippen molar-refractivity contribution in [2.45, 2.75) is 31.3 Å². The molecular formula is C15H16N2O2. The molecule has 2 atom stereocenters. The summed E-state index contributed by atoms with van der Waals surface area (Å²) in [6, 6.07) is 7.78. The summed E-state index contributed by atoms with van der Waals surface area (Å²) in [5.74, 6) is -0.761. The molecule has 1 aliphatic rings. The van der Waals surface area contributed by atoms with E-state index in [9.17, 15) is 4.79 Å². The third-order valence-electron chi connectivity index (χ3n) is 3.78. The SMILES string of the molecule is O=C(O)C1CCCC(c2cccc3ccncc23)N1. The normalized spacial score (nSPS) is 23.4. The first-order chi connectivity index (χ1) is 9.25. The Morgan fingerprint density at radius 2 is 2.21 bits per heavy atom. The number of fused-ring (bicyclic) bond motifs is 1. The number of aromatic nitrogens is 1. The summed E-state index contributed by atoms with van der Waals surface area (Å²) in [5.41, 5.74) is 1.15. The average Bonchev–Trinajstić information content (AvgIpc) is 2.47. The quantitative estimate of drug-likeness (QED) is 0.866. The van der Waals surface area contributed by atoms with E-state index in [0.717, 1.165) is 29.2 Å². The van der Waals surface area contributed by atoms with Crippen LogP contribution in [-0.2, 0) is 4.79 Å². The van der Waals surface area contributed by atoms with Crippen LogP contribution in [-0.4, -0.2) is 22.1 Å². The molecule has 1 saturated heterocycles. The summed E-state index contributed by atoms with van der Waals surface area (Å²) in [5, 5.41) is 14.6. The highest BCUT2D eigenvalue weighted by atomic mass is 16.4. The predicted molar refractivity (Wildman–Crippen MR) is 72.9 cm³/mol. The van der Waals surface area contributed by atoms with Gasteiger partial charge in [-0.3, -0.25) is 15.1 Å². The molecule has 0 radical (unpaired) electrons. The maximum Gasteiger partial charge on any atom is 0.320 e. The van der Waals surface area contributed by atoms with Crippen LogP contribution in [0.4, 0.5) is 0 Å². The van der Waals surface area contributed by atoms with E-state index in [0.29, 0.717) is 6.42 Å². The van der Waals surface area contributed by atoms with Crippen LogP contribution in [0.25, 0.3) is 10.8 Å². The largest absolute Gasteiger partial charge is 0.480 e. The molecule has 0 spiro atoms. The van der Waals surface area contributed by atoms with E-state index in [1.807, 2.05) is 18.3 Å². The predicted octanol–water partition coefficient (Wildman–Crippen LogP) is 2.50. The summed E-state index contributed by atoms with van der Waals surface area (Å²) in [6.45, 7) is 0. The van der Waals surface area contributed by atoms with Gasteiger partial charge in [-0.05, 0) is 36.3 Å². The van der Waals surface area contributed by atoms with Crippen molar-refractivity contribution in [2.24, 2.45) is 0 Å². The fourth-order valence-electron chi connectivity index (χ4n) is 2.82. The molecule has 2 heterocycles. The summed E-state index contributed by atoms with van der Waals surface area (Å²) < 4.78 is 0. The number of nitrogens with zero attached hydrogens (tertiary/aromatic N) is 1. The van der Waals surface area contributed by atoms with Crippen molar-refractivity contribution in [2.75, 3.05) is 0 Å². The molecule has 4 heteroatoms. The molecule has 0 aliphatic carbocycles. The second-order valence-electron chi connectivity index (χ2n) is 4.99. The fourth-order valence-corrected chi connectivity index (χ4v) is 2.82. The molecule has 1 aliphatic heterocycles. The van der Waals surface area contributed by atoms with Crippen molar-refractivity contribution in [1.82, 2.24) is 10.3 Å². The standard InChI is InChI=1S/C15H16N2O2/c18-15(19)14-6-2-5-13(17-14)11-4-1-3-10-7-8-16-9-12(10)11/h1,3-4,7-9,13-14,17H,2,5-6H2,(H,18,19). The molecule has 0 bridgehead atoms. The zero-order chi connectivity index (χ0) is 13.2. The van der Waals surface area contributed by atoms with Crippen LogP contribution in [0, 0.1) is 0 Å². The summed E-state index contributed by atoms with van der Waals surface area (Å²) in [6.07, 6.45) is 6.25. The van der Waals surface area contributed by atoms with Crippen LogP contribution in [0.5, 0.6) is 0 Å². The molecule has 1 aromatic carbocycles. The molecule has 0 saturated carbocycles. The molecular weight excluding hydrogens is 240 g/mol. The van der Waals surface area contributed by atoms with Crippen molar-refractivity contribution < 1.29 is 9.90 Å². The Hall–Kier alpha value is -1.94. The third-order valence-corrected chi connectivity index (χ3v) is 3.78. The molecule has 2 N–H and O–H groups in total. The lowest BCUT2D eigenvalue weighted by molar-refractivity contribution is -0.140. The lowest BCUT2D eigenvalue weighted by Crippen LogP contribution is -2.42. The van der Waals surface area contributed by atoms with Gasteiger partial charge in [0.1, 0.15) is 6.04 Å². The zero-order valence-electron chi connectivity index (χ0n) is 10.5. The van der Waals surface area contributed by atoms with E-state index >= 15 is 0 Å². The summed E-state index contributed by atoms with van der Waals surface area (Å²) >= 11 is 0. The van der Waals surface area contributed by atoms with Crippen molar-refractivity contribution in [3.05, 3.63) is 42.2 Å². The van der Waals surface area contributed by atoms with Gasteiger partial charge in [-0.25, -0.2) is 0 Å². The zero-order valence-corrected chi connectivity index (χ0v) is 10.5. The lowest BCUT2D eigenvalue weighted by atomic mass is 9.91. The fraction of sp³-hybridized carbons (Fsp3) is 0.333. The van der Waals surface area contributed by atoms with Crippen LogP contribution >= 0.6 is 0 Å². The van der Waals surface area contributed by atoms with Gasteiger partial charge >= 0.3 is 5.97 Å². The van der Waals surface area contributed by atoms with Crippen molar-refractivity contribution in [3.8, 4) is 0 Å². The molecule has 3 rings (SSSR count). The monoisotopic (exact) mass is 256 g/mol. The Kier molecular flexibility index (Phi) is 3.17. The minimum Gasteiger partial charge on any atom is -0.480 e. The van der Waals surface area contributed by atoms with Gasteiger partial charge in [0.15, 0.2) is 0 Å². The van der Waals surface area contributed by atoms with Crippen molar-refractivity contribution in [3.63, 3.8) is 0 Å². The molecule has 0 amide bonds. The number of benzene rings is 1. The number of pyridine rings is 1. The number of piperidine rings is 1. The maximum absolute atomic E-state index is 11.1. The number of carbonyl (C=O) groups is 1. The van der Waals surface area contributed by atoms with Crippen LogP contribution in [0.2, 0.25) is 0 Å². The van der Waals surface area contributed by atoms with Gasteiger partial charge in [0, 0.05) is 23.8 Å². The second-order valence-corrected chi connectivity index (χ2v) is 4.99. The highest BCUT2D eigenvalue weighted by Gasteiger charge is 2.27. The van der Waals surface area contributed by atoms with E-state index in [-0.39, 0.29) is 6.04 Å². The third kappa shape index (κ3) is 2.31. The van der Waals surface area contributed by atoms with Crippen LogP contribution < -0.4 is 5.32 Å². The highest BCUT2D eigenvalue weighted by Crippen LogP contribution is 2.30. The minimum absolute atomic E-state index is 0.0998. The van der Waals surface area contributed by atoms with Gasteiger partial charge in [0.05, 0.1) is 0 Å². The second kappa shape index (κ2) is 4.97. The first-order valence-corrected chi connectivity index (χ1v) is 6.57. The number of carboxylic acids is 1. The number of hydrogen-bond acceptors (Lipinski definition) is 3. The molecule has 19 heavy (non-hydrogen) atoms. The van der Waals surface area contributed by atoms with E-state index in [1.165, 1.54) is 0 Å². The van der Waals surface area contributed by atoms with Gasteiger partial charge in [0.25, 0.3) is 0 Å². The Morgan fingerprint density at radius 1 is 1.32 bits per heavy atom. The summed E-state index contributed by atoms with van der Waals surface area (Å²) in [4.78, 5) is 15.3. The first kappa shape index (κ1) is 12.1. The van der Waals surface area contributed by atoms with Crippen LogP contribution in [0.1, 0.15) is 30.9 Å². The van der Waals surface area contributed by atoms with Gasteiger partial charge in [-0.15, -0.1) is 0 Å². The molecule has 1 aromatic heterocycles. The van der Waals surface area contributed by atoms with Crippen LogP contribution in [0.3, 0.4) is 0 Å². The Labute approximate surface area is 111 Å². The maximum atomic E-state index is 11.1. The Bertz CT molecular complexity index is 607. The highest BCUT2D eigenvalue weighted by molar-refractivity contribution is 5.85. The molecule has 2 unspecified atom stereocenters. The van der Waals surface area contributed by atoms with Gasteiger partial charge in [-0.1, -0.05) is 18.2 Å². The van der Waals surface area contributed by atoms with Crippen molar-refractivity contribution >= 4 is 16.7 Å². The topological polar surface area (TPSA) is 62.2 Å². The van der Waals surface area contributed by atoms with E-state index in [1.54, 1.807) is 6.20 Å². The number of rotatable bonds is 2. The van der Waals surface area contributed by atoms with E-state index in [2.05, 4.69) is 22.4 Å². The van der Waals surface area contributed by atoms with E-state index < -0.39 is 12.0 Å². The molecule has 1 fully saturated rings. The van der Waals surface area contributed by atoms with Gasteiger partial charge < -0.3 is 5.11 Å². The smallest absolute Gasteiger partial charge is 0.320 e. The lowest BCUT2D eigenvalue weighted by Gasteiger charge is -2.29. The van der Waals surface area contributed by atoms with Gasteiger partial charge in [-0.2, -0.15) is 0 Å². The minimum atomic E-state index is -0.761. The van der Waals surface area contributed by atoms with E-state index in [4.69, 9.17) is 5.11 Å². The summed E-state index contributed by atoms with van der Waals surface area (Å²) in [7, 11) is 0. The molecule has 2 aromatic rings.